The van der Waals surface area contributed by atoms with Crippen LogP contribution in [0.2, 0.25) is 0 Å². The lowest BCUT2D eigenvalue weighted by atomic mass is 9.70. The van der Waals surface area contributed by atoms with Gasteiger partial charge in [-0.1, -0.05) is 36.4 Å². The van der Waals surface area contributed by atoms with E-state index in [2.05, 4.69) is 4.99 Å². The van der Waals surface area contributed by atoms with Crippen LogP contribution in [0.1, 0.15) is 46.8 Å². The third-order valence-corrected chi connectivity index (χ3v) is 6.35. The van der Waals surface area contributed by atoms with Crippen LogP contribution in [0.5, 0.6) is 0 Å². The van der Waals surface area contributed by atoms with Gasteiger partial charge in [0, 0.05) is 17.0 Å². The number of aliphatic imine (C=N–C) groups is 2. The van der Waals surface area contributed by atoms with Crippen LogP contribution in [0.4, 0.5) is 0 Å². The van der Waals surface area contributed by atoms with Crippen molar-refractivity contribution in [2.75, 3.05) is 0 Å². The number of carbonyl (C=O) groups is 1. The van der Waals surface area contributed by atoms with Gasteiger partial charge < -0.3 is 5.11 Å². The third-order valence-electron chi connectivity index (χ3n) is 6.35. The molecule has 2 aliphatic heterocycles. The number of benzene rings is 2. The van der Waals surface area contributed by atoms with Crippen LogP contribution in [-0.2, 0) is 0 Å². The number of ketones is 1. The number of fused-ring (bicyclic) bond motifs is 1. The molecule has 1 aliphatic carbocycles. The maximum atomic E-state index is 12.9. The molecule has 3 N–H and O–H groups in total. The zero-order valence-electron chi connectivity index (χ0n) is 17.6. The number of hydrogen-bond donors (Lipinski definition) is 2. The molecule has 1 atom stereocenters. The van der Waals surface area contributed by atoms with Crippen molar-refractivity contribution in [2.24, 2.45) is 21.7 Å². The molecule has 1 saturated carbocycles. The van der Waals surface area contributed by atoms with Crippen molar-refractivity contribution in [1.82, 2.24) is 0 Å². The summed E-state index contributed by atoms with van der Waals surface area (Å²) in [6.07, 6.45) is 6.58. The van der Waals surface area contributed by atoms with Crippen molar-refractivity contribution in [1.29, 1.82) is 0 Å². The minimum absolute atomic E-state index is 0.0125. The second-order valence-electron chi connectivity index (χ2n) is 8.89. The van der Waals surface area contributed by atoms with Gasteiger partial charge in [0.1, 0.15) is 11.9 Å². The van der Waals surface area contributed by atoms with Gasteiger partial charge in [-0.3, -0.25) is 9.79 Å². The smallest absolute Gasteiger partial charge is 0.265 e. The molecule has 3 aliphatic rings. The molecule has 0 amide bonds. The molecule has 5 rings (SSSR count). The lowest BCUT2D eigenvalue weighted by molar-refractivity contribution is -0.750. The first-order valence-electron chi connectivity index (χ1n) is 10.4. The fourth-order valence-electron chi connectivity index (χ4n) is 4.69. The summed E-state index contributed by atoms with van der Waals surface area (Å²) in [4.78, 5) is 22.1. The lowest BCUT2D eigenvalue weighted by Crippen LogP contribution is -2.53. The number of aliphatic hydroxyl groups is 1. The Labute approximate surface area is 181 Å². The normalized spacial score (nSPS) is 28.9. The first kappa shape index (κ1) is 19.8. The van der Waals surface area contributed by atoms with Gasteiger partial charge in [0.2, 0.25) is 5.70 Å². The Bertz CT molecular complexity index is 1200. The molecular formula is C25H25N4O2+. The van der Waals surface area contributed by atoms with E-state index < -0.39 is 5.60 Å². The number of nitrogens with zero attached hydrogens (tertiary/aromatic N) is 3. The Kier molecular flexibility index (Phi) is 4.41. The molecule has 0 bridgehead atoms. The van der Waals surface area contributed by atoms with Gasteiger partial charge in [-0.05, 0) is 44.4 Å². The number of carbonyl (C=O) groups excluding carboxylic acids is 1. The van der Waals surface area contributed by atoms with Crippen molar-refractivity contribution in [2.45, 2.75) is 32.3 Å². The molecule has 2 aromatic carbocycles. The van der Waals surface area contributed by atoms with Gasteiger partial charge in [0.25, 0.3) is 5.84 Å². The van der Waals surface area contributed by atoms with E-state index in [1.54, 1.807) is 12.4 Å². The predicted octanol–water partition coefficient (Wildman–Crippen LogP) is 3.60. The molecule has 0 aromatic heterocycles. The number of aryl methyl sites for hydroxylation is 1. The number of hydrogen-bond acceptors (Lipinski definition) is 5. The van der Waals surface area contributed by atoms with E-state index in [1.807, 2.05) is 68.6 Å². The van der Waals surface area contributed by atoms with Crippen LogP contribution in [-0.4, -0.2) is 33.1 Å². The lowest BCUT2D eigenvalue weighted by Gasteiger charge is -2.40. The Hall–Kier alpha value is -3.19. The number of amidine groups is 1. The topological polar surface area (TPSA) is 88.0 Å². The third kappa shape index (κ3) is 3.20. The molecule has 0 saturated heterocycles. The molecule has 0 radical (unpaired) electrons. The van der Waals surface area contributed by atoms with Crippen molar-refractivity contribution >= 4 is 17.8 Å². The van der Waals surface area contributed by atoms with Crippen molar-refractivity contribution < 1.29 is 14.5 Å². The Balaban J connectivity index is 1.52. The minimum atomic E-state index is -0.655. The highest BCUT2D eigenvalue weighted by Crippen LogP contribution is 2.46. The molecule has 0 spiro atoms. The summed E-state index contributed by atoms with van der Waals surface area (Å²) < 4.78 is -0.0513. The molecule has 6 heteroatoms. The summed E-state index contributed by atoms with van der Waals surface area (Å²) >= 11 is 0. The number of allylic oxidation sites excluding steroid dienone is 2. The summed E-state index contributed by atoms with van der Waals surface area (Å²) in [5.41, 5.74) is 4.19. The number of quaternary nitrogens is 1. The van der Waals surface area contributed by atoms with E-state index in [9.17, 15) is 9.90 Å². The van der Waals surface area contributed by atoms with Gasteiger partial charge in [-0.15, -0.1) is 4.59 Å². The van der Waals surface area contributed by atoms with Gasteiger partial charge in [0.05, 0.1) is 23.6 Å². The quantitative estimate of drug-likeness (QED) is 0.456. The maximum Gasteiger partial charge on any atom is 0.265 e. The standard InChI is InChI=1S/C25H25N4O2/c1-16-12-18(23(30)17-6-4-3-5-7-17)8-9-20(16)24-28-22(19-13-25(2,31)14-19)21-15-27-10-11-29(21,24)26/h3-12,15,19,31H,13-14,26H2,1-2H3/q+1. The van der Waals surface area contributed by atoms with Crippen LogP contribution in [0.3, 0.4) is 0 Å². The molecule has 2 aromatic rings. The summed E-state index contributed by atoms with van der Waals surface area (Å²) in [5.74, 6) is 7.66. The molecule has 1 fully saturated rings. The van der Waals surface area contributed by atoms with Crippen LogP contribution < -0.4 is 5.84 Å². The van der Waals surface area contributed by atoms with Crippen LogP contribution in [0, 0.1) is 12.8 Å². The second-order valence-corrected chi connectivity index (χ2v) is 8.89. The highest BCUT2D eigenvalue weighted by atomic mass is 16.3. The molecule has 2 heterocycles. The Morgan fingerprint density at radius 1 is 1.16 bits per heavy atom. The first-order chi connectivity index (χ1) is 14.8. The maximum absolute atomic E-state index is 12.9. The average Bonchev–Trinajstić information content (AvgIpc) is 3.04. The summed E-state index contributed by atoms with van der Waals surface area (Å²) in [6, 6.07) is 14.9. The van der Waals surface area contributed by atoms with Crippen molar-refractivity contribution in [3.8, 4) is 0 Å². The van der Waals surface area contributed by atoms with Crippen molar-refractivity contribution in [3.63, 3.8) is 0 Å². The fourth-order valence-corrected chi connectivity index (χ4v) is 4.69. The van der Waals surface area contributed by atoms with E-state index in [-0.39, 0.29) is 16.3 Å². The Morgan fingerprint density at radius 3 is 2.58 bits per heavy atom. The highest BCUT2D eigenvalue weighted by molar-refractivity contribution is 6.10. The average molecular weight is 414 g/mol. The number of nitrogens with two attached hydrogens (primary N) is 1. The molecule has 156 valence electrons. The minimum Gasteiger partial charge on any atom is -0.390 e. The van der Waals surface area contributed by atoms with Crippen LogP contribution in [0.15, 0.2) is 82.3 Å². The van der Waals surface area contributed by atoms with Crippen LogP contribution in [0.25, 0.3) is 0 Å². The van der Waals surface area contributed by atoms with Gasteiger partial charge in [-0.2, -0.15) is 10.8 Å². The highest BCUT2D eigenvalue weighted by Gasteiger charge is 2.50. The van der Waals surface area contributed by atoms with E-state index >= 15 is 0 Å². The fraction of sp³-hybridized carbons (Fsp3) is 0.240. The zero-order valence-corrected chi connectivity index (χ0v) is 17.6. The molecule has 1 unspecified atom stereocenters. The van der Waals surface area contributed by atoms with E-state index in [4.69, 9.17) is 10.8 Å². The van der Waals surface area contributed by atoms with Gasteiger partial charge in [-0.25, -0.2) is 0 Å². The van der Waals surface area contributed by atoms with Crippen molar-refractivity contribution in [3.05, 3.63) is 94.6 Å². The molecular weight excluding hydrogens is 388 g/mol. The number of rotatable bonds is 4. The molecule has 31 heavy (non-hydrogen) atoms. The van der Waals surface area contributed by atoms with Gasteiger partial charge >= 0.3 is 0 Å². The van der Waals surface area contributed by atoms with E-state index in [0.29, 0.717) is 29.8 Å². The van der Waals surface area contributed by atoms with E-state index in [0.717, 1.165) is 22.5 Å². The summed E-state index contributed by atoms with van der Waals surface area (Å²) in [6.45, 7) is 3.82. The predicted molar refractivity (Wildman–Crippen MR) is 120 cm³/mol. The van der Waals surface area contributed by atoms with E-state index in [1.165, 1.54) is 0 Å². The largest absolute Gasteiger partial charge is 0.390 e. The summed E-state index contributed by atoms with van der Waals surface area (Å²) in [7, 11) is 0. The summed E-state index contributed by atoms with van der Waals surface area (Å²) in [5, 5.41) is 10.2. The van der Waals surface area contributed by atoms with Gasteiger partial charge in [0.15, 0.2) is 5.78 Å². The second kappa shape index (κ2) is 6.92. The zero-order chi connectivity index (χ0) is 21.8. The Morgan fingerprint density at radius 2 is 1.90 bits per heavy atom. The SMILES string of the molecule is Cc1cc(C(=O)c2ccccc2)ccc1C1=NC(C2CC(C)(O)C2)=C2C=NC=C[N+]12N. The first-order valence-corrected chi connectivity index (χ1v) is 10.4. The van der Waals surface area contributed by atoms with Crippen LogP contribution >= 0.6 is 0 Å². The molecule has 6 nitrogen and oxygen atoms in total. The monoisotopic (exact) mass is 413 g/mol.